The Balaban J connectivity index is 1.55. The fourth-order valence-corrected chi connectivity index (χ4v) is 4.47. The molecule has 1 aliphatic carbocycles. The van der Waals surface area contributed by atoms with Crippen LogP contribution in [0.3, 0.4) is 0 Å². The van der Waals surface area contributed by atoms with Gasteiger partial charge in [-0.2, -0.15) is 0 Å². The van der Waals surface area contributed by atoms with Gasteiger partial charge in [-0.3, -0.25) is 9.78 Å². The number of nitrogens with zero attached hydrogens (tertiary/aromatic N) is 3. The number of pyridine rings is 1. The predicted molar refractivity (Wildman–Crippen MR) is 105 cm³/mol. The first-order chi connectivity index (χ1) is 13.6. The van der Waals surface area contributed by atoms with Crippen LogP contribution in [0.5, 0.6) is 5.75 Å². The summed E-state index contributed by atoms with van der Waals surface area (Å²) in [6.07, 6.45) is 8.94. The fraction of sp³-hybridized carbons (Fsp3) is 0.273. The van der Waals surface area contributed by atoms with Gasteiger partial charge in [0.15, 0.2) is 0 Å². The molecule has 2 atom stereocenters. The smallest absolute Gasteiger partial charge is 0.235 e. The Hall–Kier alpha value is -3.28. The monoisotopic (exact) mass is 372 g/mol. The van der Waals surface area contributed by atoms with Crippen LogP contribution < -0.4 is 10.1 Å². The van der Waals surface area contributed by atoms with Crippen molar-refractivity contribution in [3.05, 3.63) is 66.0 Å². The van der Waals surface area contributed by atoms with Crippen molar-refractivity contribution in [2.75, 3.05) is 12.4 Å². The van der Waals surface area contributed by atoms with E-state index >= 15 is 0 Å². The molecule has 6 heteroatoms. The van der Waals surface area contributed by atoms with Gasteiger partial charge in [-0.15, -0.1) is 0 Å². The van der Waals surface area contributed by atoms with Crippen molar-refractivity contribution < 1.29 is 9.53 Å². The van der Waals surface area contributed by atoms with Gasteiger partial charge in [0.25, 0.3) is 0 Å². The molecule has 3 heterocycles. The number of hydrogen-bond donors (Lipinski definition) is 1. The van der Waals surface area contributed by atoms with E-state index in [1.807, 2.05) is 43.7 Å². The van der Waals surface area contributed by atoms with E-state index in [0.29, 0.717) is 5.75 Å². The lowest BCUT2D eigenvalue weighted by Gasteiger charge is -2.45. The van der Waals surface area contributed by atoms with E-state index in [9.17, 15) is 4.79 Å². The minimum absolute atomic E-state index is 0.0684. The normalized spacial score (nSPS) is 22.5. The first-order valence-corrected chi connectivity index (χ1v) is 9.36. The topological polar surface area (TPSA) is 77.0 Å². The fourth-order valence-electron chi connectivity index (χ4n) is 4.47. The zero-order valence-electron chi connectivity index (χ0n) is 15.8. The number of benzene rings is 1. The molecule has 2 aliphatic rings. The molecule has 1 aliphatic heterocycles. The Kier molecular flexibility index (Phi) is 3.69. The summed E-state index contributed by atoms with van der Waals surface area (Å²) in [7, 11) is 1.63. The maximum absolute atomic E-state index is 13.1. The number of aryl methyl sites for hydroxylation is 1. The van der Waals surface area contributed by atoms with Gasteiger partial charge in [0, 0.05) is 35.8 Å². The van der Waals surface area contributed by atoms with Crippen molar-refractivity contribution in [2.24, 2.45) is 0 Å². The molecular weight excluding hydrogens is 352 g/mol. The van der Waals surface area contributed by atoms with E-state index in [4.69, 9.17) is 4.74 Å². The zero-order chi connectivity index (χ0) is 19.3. The van der Waals surface area contributed by atoms with Crippen LogP contribution in [0, 0.1) is 6.92 Å². The van der Waals surface area contributed by atoms with Crippen molar-refractivity contribution >= 4 is 11.6 Å². The Morgan fingerprint density at radius 3 is 2.64 bits per heavy atom. The summed E-state index contributed by atoms with van der Waals surface area (Å²) in [5, 5.41) is 3.11. The number of nitrogens with one attached hydrogen (secondary N) is 1. The van der Waals surface area contributed by atoms with Crippen molar-refractivity contribution in [3.63, 3.8) is 0 Å². The molecule has 1 unspecified atom stereocenters. The van der Waals surface area contributed by atoms with Crippen LogP contribution in [0.2, 0.25) is 0 Å². The highest BCUT2D eigenvalue weighted by atomic mass is 16.5. The van der Waals surface area contributed by atoms with Gasteiger partial charge in [-0.05, 0) is 48.6 Å². The number of carbonyl (C=O) groups is 1. The van der Waals surface area contributed by atoms with E-state index in [0.717, 1.165) is 46.6 Å². The minimum atomic E-state index is -0.522. The SMILES string of the molecule is COc1cncc(C2CC[C@@]23C(=O)Nc2cc(-c4cnc(C)nc4)ccc23)c1. The van der Waals surface area contributed by atoms with Crippen LogP contribution in [-0.2, 0) is 10.2 Å². The maximum Gasteiger partial charge on any atom is 0.235 e. The number of carbonyl (C=O) groups excluding carboxylic acids is 1. The molecule has 3 aromatic rings. The second-order valence-electron chi connectivity index (χ2n) is 7.45. The third-order valence-electron chi connectivity index (χ3n) is 6.06. The van der Waals surface area contributed by atoms with E-state index in [2.05, 4.69) is 26.3 Å². The quantitative estimate of drug-likeness (QED) is 0.760. The highest BCUT2D eigenvalue weighted by molar-refractivity contribution is 6.08. The number of rotatable bonds is 3. The average Bonchev–Trinajstić information content (AvgIpc) is 3.00. The van der Waals surface area contributed by atoms with Gasteiger partial charge in [0.05, 0.1) is 18.7 Å². The van der Waals surface area contributed by atoms with Gasteiger partial charge in [0.2, 0.25) is 5.91 Å². The molecule has 1 fully saturated rings. The van der Waals surface area contributed by atoms with Crippen molar-refractivity contribution in [1.29, 1.82) is 0 Å². The first-order valence-electron chi connectivity index (χ1n) is 9.36. The van der Waals surface area contributed by atoms with Crippen LogP contribution in [0.4, 0.5) is 5.69 Å². The largest absolute Gasteiger partial charge is 0.495 e. The van der Waals surface area contributed by atoms with Crippen molar-refractivity contribution in [1.82, 2.24) is 15.0 Å². The molecule has 0 saturated heterocycles. The lowest BCUT2D eigenvalue weighted by atomic mass is 9.55. The van der Waals surface area contributed by atoms with E-state index < -0.39 is 5.41 Å². The highest BCUT2D eigenvalue weighted by Crippen LogP contribution is 2.59. The van der Waals surface area contributed by atoms with E-state index in [1.54, 1.807) is 13.3 Å². The third kappa shape index (κ3) is 2.34. The Morgan fingerprint density at radius 2 is 1.93 bits per heavy atom. The van der Waals surface area contributed by atoms with E-state index in [-0.39, 0.29) is 11.8 Å². The van der Waals surface area contributed by atoms with Gasteiger partial charge in [0.1, 0.15) is 11.6 Å². The molecule has 1 N–H and O–H groups in total. The third-order valence-corrected chi connectivity index (χ3v) is 6.06. The molecule has 5 rings (SSSR count). The summed E-state index contributed by atoms with van der Waals surface area (Å²) in [6, 6.07) is 8.13. The zero-order valence-corrected chi connectivity index (χ0v) is 15.8. The van der Waals surface area contributed by atoms with E-state index in [1.165, 1.54) is 0 Å². The number of amides is 1. The highest BCUT2D eigenvalue weighted by Gasteiger charge is 2.58. The summed E-state index contributed by atoms with van der Waals surface area (Å²) in [5.41, 5.74) is 4.40. The maximum atomic E-state index is 13.1. The first kappa shape index (κ1) is 16.9. The molecule has 28 heavy (non-hydrogen) atoms. The molecule has 1 spiro atoms. The lowest BCUT2D eigenvalue weighted by molar-refractivity contribution is -0.124. The molecule has 0 bridgehead atoms. The Bertz CT molecular complexity index is 1080. The van der Waals surface area contributed by atoms with Crippen molar-refractivity contribution in [3.8, 4) is 16.9 Å². The predicted octanol–water partition coefficient (Wildman–Crippen LogP) is 3.62. The summed E-state index contributed by atoms with van der Waals surface area (Å²) in [4.78, 5) is 25.9. The van der Waals surface area contributed by atoms with Gasteiger partial charge in [-0.1, -0.05) is 12.1 Å². The molecule has 1 amide bonds. The lowest BCUT2D eigenvalue weighted by Crippen LogP contribution is -2.48. The van der Waals surface area contributed by atoms with Gasteiger partial charge in [-0.25, -0.2) is 9.97 Å². The summed E-state index contributed by atoms with van der Waals surface area (Å²) < 4.78 is 5.32. The molecule has 0 radical (unpaired) electrons. The summed E-state index contributed by atoms with van der Waals surface area (Å²) >= 11 is 0. The standard InChI is InChI=1S/C22H20N4O2/c1-13-24-10-16(11-25-13)14-3-4-19-20(8-14)26-21(27)22(19)6-5-18(22)15-7-17(28-2)12-23-9-15/h3-4,7-12,18H,5-6H2,1-2H3,(H,26,27)/t18?,22-/m1/s1. The second-order valence-corrected chi connectivity index (χ2v) is 7.45. The molecule has 6 nitrogen and oxygen atoms in total. The molecule has 2 aromatic heterocycles. The van der Waals surface area contributed by atoms with Crippen LogP contribution in [-0.4, -0.2) is 28.0 Å². The van der Waals surface area contributed by atoms with Gasteiger partial charge >= 0.3 is 0 Å². The average molecular weight is 372 g/mol. The number of ether oxygens (including phenoxy) is 1. The Labute approximate surface area is 163 Å². The molecule has 140 valence electrons. The number of methoxy groups -OCH3 is 1. The second kappa shape index (κ2) is 6.12. The Morgan fingerprint density at radius 1 is 1.11 bits per heavy atom. The number of fused-ring (bicyclic) bond motifs is 2. The van der Waals surface area contributed by atoms with Crippen LogP contribution in [0.1, 0.15) is 35.7 Å². The van der Waals surface area contributed by atoms with Crippen molar-refractivity contribution in [2.45, 2.75) is 31.1 Å². The van der Waals surface area contributed by atoms with Crippen LogP contribution in [0.25, 0.3) is 11.1 Å². The minimum Gasteiger partial charge on any atom is -0.495 e. The number of anilines is 1. The number of hydrogen-bond acceptors (Lipinski definition) is 5. The van der Waals surface area contributed by atoms with Crippen LogP contribution in [0.15, 0.2) is 49.1 Å². The molecule has 1 saturated carbocycles. The molecular formula is C22H20N4O2. The number of aromatic nitrogens is 3. The summed E-state index contributed by atoms with van der Waals surface area (Å²) in [6.45, 7) is 1.86. The van der Waals surface area contributed by atoms with Gasteiger partial charge < -0.3 is 10.1 Å². The molecule has 1 aromatic carbocycles. The van der Waals surface area contributed by atoms with Crippen LogP contribution >= 0.6 is 0 Å². The summed E-state index contributed by atoms with van der Waals surface area (Å²) in [5.74, 6) is 1.62.